The Bertz CT molecular complexity index is 281. The van der Waals surface area contributed by atoms with Gasteiger partial charge in [0.2, 0.25) is 0 Å². The summed E-state index contributed by atoms with van der Waals surface area (Å²) in [6, 6.07) is 0. The van der Waals surface area contributed by atoms with E-state index in [-0.39, 0.29) is 19.0 Å². The number of alkyl halides is 1. The van der Waals surface area contributed by atoms with E-state index in [4.69, 9.17) is 11.6 Å². The van der Waals surface area contributed by atoms with Crippen LogP contribution in [0.3, 0.4) is 0 Å². The molecule has 0 saturated carbocycles. The highest BCUT2D eigenvalue weighted by atomic mass is 35.5. The molecule has 0 atom stereocenters. The van der Waals surface area contributed by atoms with Crippen LogP contribution in [0.4, 0.5) is 0 Å². The molecule has 0 aliphatic carbocycles. The first-order valence-electron chi connectivity index (χ1n) is 4.60. The first-order chi connectivity index (χ1) is 6.94. The van der Waals surface area contributed by atoms with Crippen LogP contribution in [0.25, 0.3) is 0 Å². The smallest absolute Gasteiger partial charge is 0.196 e. The van der Waals surface area contributed by atoms with E-state index in [0.717, 1.165) is 0 Å². The maximum atomic E-state index is 11.4. The number of halogens is 1. The molecule has 15 heavy (non-hydrogen) atoms. The molecular weight excluding hydrogens is 242 g/mol. The molecule has 0 heterocycles. The minimum Gasteiger partial charge on any atom is -0.196 e. The lowest BCUT2D eigenvalue weighted by Gasteiger charge is -2.15. The third-order valence-corrected chi connectivity index (χ3v) is 3.19. The second kappa shape index (κ2) is 6.97. The number of nitrogens with zero attached hydrogens (tertiary/aromatic N) is 2. The van der Waals surface area contributed by atoms with Crippen molar-refractivity contribution in [1.82, 2.24) is 9.14 Å². The van der Waals surface area contributed by atoms with Gasteiger partial charge in [-0.25, -0.2) is 0 Å². The molecule has 6 nitrogen and oxygen atoms in total. The Morgan fingerprint density at radius 3 is 2.47 bits per heavy atom. The van der Waals surface area contributed by atoms with Crippen LogP contribution in [-0.2, 0) is 10.2 Å². The van der Waals surface area contributed by atoms with Gasteiger partial charge in [0.05, 0.1) is 11.8 Å². The molecule has 90 valence electrons. The van der Waals surface area contributed by atoms with Crippen molar-refractivity contribution in [1.29, 1.82) is 0 Å². The zero-order chi connectivity index (χ0) is 11.9. The molecule has 0 aromatic heterocycles. The van der Waals surface area contributed by atoms with Gasteiger partial charge in [0.25, 0.3) is 0 Å². The highest BCUT2D eigenvalue weighted by Crippen LogP contribution is 2.01. The topological polar surface area (TPSA) is 78.8 Å². The van der Waals surface area contributed by atoms with Crippen LogP contribution < -0.4 is 4.72 Å². The number of hydrogen-bond donors (Lipinski definition) is 1. The van der Waals surface area contributed by atoms with Crippen molar-refractivity contribution >= 4 is 21.8 Å². The van der Waals surface area contributed by atoms with Crippen molar-refractivity contribution in [3.63, 3.8) is 0 Å². The number of nitrogens with one attached hydrogen (secondary N) is 1. The van der Waals surface area contributed by atoms with E-state index >= 15 is 0 Å². The second-order valence-electron chi connectivity index (χ2n) is 3.40. The van der Waals surface area contributed by atoms with Gasteiger partial charge in [0.15, 0.2) is 0 Å². The summed E-state index contributed by atoms with van der Waals surface area (Å²) in [7, 11) is -3.81. The maximum Gasteiger partial charge on any atom is 0.318 e. The lowest BCUT2D eigenvalue weighted by molar-refractivity contribution is 0.431. The van der Waals surface area contributed by atoms with Crippen LogP contribution in [0.5, 0.6) is 0 Å². The average Bonchev–Trinajstić information content (AvgIpc) is 2.12. The highest BCUT2D eigenvalue weighted by Gasteiger charge is 2.20. The standard InChI is InChI=1S/C7H16ClN3O3S/c1-7(2)3-5-9-15(13,14)11(10-12)6-4-8/h7,9H,3-6H2,1-2H3. The molecule has 0 saturated heterocycles. The summed E-state index contributed by atoms with van der Waals surface area (Å²) in [5, 5.41) is 2.40. The molecule has 0 spiro atoms. The van der Waals surface area contributed by atoms with Gasteiger partial charge < -0.3 is 0 Å². The van der Waals surface area contributed by atoms with E-state index < -0.39 is 10.2 Å². The molecule has 0 amide bonds. The Morgan fingerprint density at radius 2 is 2.07 bits per heavy atom. The molecule has 0 bridgehead atoms. The first-order valence-corrected chi connectivity index (χ1v) is 6.58. The Morgan fingerprint density at radius 1 is 1.47 bits per heavy atom. The van der Waals surface area contributed by atoms with Crippen molar-refractivity contribution in [3.05, 3.63) is 4.91 Å². The fourth-order valence-electron chi connectivity index (χ4n) is 0.828. The molecule has 8 heteroatoms. The quantitative estimate of drug-likeness (QED) is 0.402. The third kappa shape index (κ3) is 5.91. The van der Waals surface area contributed by atoms with Crippen molar-refractivity contribution in [3.8, 4) is 0 Å². The lowest BCUT2D eigenvalue weighted by Crippen LogP contribution is -2.38. The van der Waals surface area contributed by atoms with Gasteiger partial charge in [-0.05, 0) is 12.3 Å². The fourth-order valence-corrected chi connectivity index (χ4v) is 2.03. The number of nitroso groups, excluding NO2 is 1. The third-order valence-electron chi connectivity index (χ3n) is 1.65. The van der Waals surface area contributed by atoms with Gasteiger partial charge in [-0.1, -0.05) is 13.8 Å². The van der Waals surface area contributed by atoms with E-state index in [1.54, 1.807) is 0 Å². The summed E-state index contributed by atoms with van der Waals surface area (Å²) in [5.41, 5.74) is 0. The summed E-state index contributed by atoms with van der Waals surface area (Å²) in [4.78, 5) is 10.2. The van der Waals surface area contributed by atoms with Crippen LogP contribution in [0.2, 0.25) is 0 Å². The van der Waals surface area contributed by atoms with Crippen LogP contribution in [0, 0.1) is 10.8 Å². The van der Waals surface area contributed by atoms with Gasteiger partial charge in [0, 0.05) is 12.4 Å². The van der Waals surface area contributed by atoms with E-state index in [1.165, 1.54) is 0 Å². The average molecular weight is 258 g/mol. The highest BCUT2D eigenvalue weighted by molar-refractivity contribution is 7.87. The van der Waals surface area contributed by atoms with Gasteiger partial charge in [-0.2, -0.15) is 13.1 Å². The van der Waals surface area contributed by atoms with Gasteiger partial charge in [-0.15, -0.1) is 20.9 Å². The van der Waals surface area contributed by atoms with E-state index in [1.807, 2.05) is 13.8 Å². The second-order valence-corrected chi connectivity index (χ2v) is 5.44. The Balaban J connectivity index is 4.20. The molecule has 0 fully saturated rings. The monoisotopic (exact) mass is 257 g/mol. The first kappa shape index (κ1) is 14.6. The molecular formula is C7H16ClN3O3S. The van der Waals surface area contributed by atoms with Gasteiger partial charge in [0.1, 0.15) is 0 Å². The van der Waals surface area contributed by atoms with Gasteiger partial charge >= 0.3 is 10.2 Å². The SMILES string of the molecule is CC(C)CCNS(=O)(=O)N(CCCl)N=O. The Labute approximate surface area is 95.1 Å². The predicted molar refractivity (Wildman–Crippen MR) is 59.6 cm³/mol. The molecule has 0 rings (SSSR count). The zero-order valence-corrected chi connectivity index (χ0v) is 10.4. The largest absolute Gasteiger partial charge is 0.318 e. The molecule has 0 radical (unpaired) electrons. The van der Waals surface area contributed by atoms with Crippen LogP contribution in [-0.4, -0.2) is 31.8 Å². The van der Waals surface area contributed by atoms with Crippen molar-refractivity contribution in [2.75, 3.05) is 19.0 Å². The predicted octanol–water partition coefficient (Wildman–Crippen LogP) is 1.09. The Kier molecular flexibility index (Phi) is 6.78. The fraction of sp³-hybridized carbons (Fsp3) is 1.00. The summed E-state index contributed by atoms with van der Waals surface area (Å²) in [5.74, 6) is 0.412. The summed E-state index contributed by atoms with van der Waals surface area (Å²) in [6.45, 7) is 4.11. The van der Waals surface area contributed by atoms with Crippen molar-refractivity contribution < 1.29 is 8.42 Å². The van der Waals surface area contributed by atoms with Crippen molar-refractivity contribution in [2.24, 2.45) is 11.2 Å². The maximum absolute atomic E-state index is 11.4. The summed E-state index contributed by atoms with van der Waals surface area (Å²) >= 11 is 5.33. The van der Waals surface area contributed by atoms with E-state index in [2.05, 4.69) is 10.0 Å². The van der Waals surface area contributed by atoms with Crippen LogP contribution in [0.1, 0.15) is 20.3 Å². The van der Waals surface area contributed by atoms with Gasteiger partial charge in [-0.3, -0.25) is 0 Å². The van der Waals surface area contributed by atoms with Crippen LogP contribution in [0.15, 0.2) is 5.29 Å². The summed E-state index contributed by atoms with van der Waals surface area (Å²) < 4.78 is 25.5. The Hall–Kier alpha value is -0.400. The lowest BCUT2D eigenvalue weighted by atomic mass is 10.1. The molecule has 0 aliphatic rings. The van der Waals surface area contributed by atoms with Crippen molar-refractivity contribution in [2.45, 2.75) is 20.3 Å². The van der Waals surface area contributed by atoms with E-state index in [9.17, 15) is 13.3 Å². The molecule has 1 N–H and O–H groups in total. The molecule has 0 unspecified atom stereocenters. The normalized spacial score (nSPS) is 11.7. The minimum absolute atomic E-state index is 0.0246. The zero-order valence-electron chi connectivity index (χ0n) is 8.81. The summed E-state index contributed by atoms with van der Waals surface area (Å²) in [6.07, 6.45) is 0.701. The molecule has 0 aromatic carbocycles. The van der Waals surface area contributed by atoms with E-state index in [0.29, 0.717) is 16.8 Å². The number of rotatable bonds is 8. The minimum atomic E-state index is -3.81. The molecule has 0 aromatic rings. The van der Waals surface area contributed by atoms with Crippen LogP contribution >= 0.6 is 11.6 Å². The number of hydrogen-bond acceptors (Lipinski definition) is 4. The molecule has 0 aliphatic heterocycles.